The minimum atomic E-state index is -0.485. The number of carbonyl (C=O) groups excluding carboxylic acids is 2. The molecule has 0 unspecified atom stereocenters. The van der Waals surface area contributed by atoms with E-state index in [-0.39, 0.29) is 18.2 Å². The van der Waals surface area contributed by atoms with E-state index in [0.717, 1.165) is 0 Å². The molecule has 2 amide bonds. The predicted octanol–water partition coefficient (Wildman–Crippen LogP) is 1.53. The number of fused-ring (bicyclic) bond motifs is 1. The second-order valence-electron chi connectivity index (χ2n) is 4.68. The largest absolute Gasteiger partial charge is 0.325 e. The molecule has 7 nitrogen and oxygen atoms in total. The van der Waals surface area contributed by atoms with Crippen molar-refractivity contribution in [1.29, 1.82) is 0 Å². The molecule has 21 heavy (non-hydrogen) atoms. The van der Waals surface area contributed by atoms with Gasteiger partial charge >= 0.3 is 0 Å². The van der Waals surface area contributed by atoms with Crippen molar-refractivity contribution in [3.8, 4) is 0 Å². The number of hydrogen-bond donors (Lipinski definition) is 2. The highest BCUT2D eigenvalue weighted by atomic mass is 35.5. The lowest BCUT2D eigenvalue weighted by atomic mass is 10.0. The van der Waals surface area contributed by atoms with Crippen LogP contribution in [0.3, 0.4) is 0 Å². The van der Waals surface area contributed by atoms with Gasteiger partial charge in [0, 0.05) is 6.42 Å². The minimum Gasteiger partial charge on any atom is -0.325 e. The average molecular weight is 306 g/mol. The topological polar surface area (TPSA) is 88.9 Å². The van der Waals surface area contributed by atoms with Crippen molar-refractivity contribution < 1.29 is 9.59 Å². The van der Waals surface area contributed by atoms with Crippen LogP contribution in [0, 0.1) is 5.92 Å². The highest BCUT2D eigenvalue weighted by Gasteiger charge is 2.29. The molecule has 0 spiro atoms. The van der Waals surface area contributed by atoms with Crippen LogP contribution in [0.1, 0.15) is 6.42 Å². The van der Waals surface area contributed by atoms with Gasteiger partial charge in [-0.1, -0.05) is 23.7 Å². The third-order valence-electron chi connectivity index (χ3n) is 3.19. The molecule has 1 aromatic carbocycles. The van der Waals surface area contributed by atoms with E-state index in [1.54, 1.807) is 28.9 Å². The highest BCUT2D eigenvalue weighted by molar-refractivity contribution is 6.33. The van der Waals surface area contributed by atoms with E-state index in [1.165, 1.54) is 6.33 Å². The quantitative estimate of drug-likeness (QED) is 0.900. The fourth-order valence-corrected chi connectivity index (χ4v) is 2.33. The smallest absolute Gasteiger partial charge is 0.232 e. The van der Waals surface area contributed by atoms with E-state index in [0.29, 0.717) is 23.2 Å². The molecule has 0 aliphatic carbocycles. The monoisotopic (exact) mass is 305 g/mol. The lowest BCUT2D eigenvalue weighted by Gasteiger charge is -2.21. The second-order valence-corrected chi connectivity index (χ2v) is 5.09. The molecule has 2 heterocycles. The van der Waals surface area contributed by atoms with Crippen LogP contribution in [0.5, 0.6) is 0 Å². The molecule has 1 aliphatic heterocycles. The Morgan fingerprint density at radius 2 is 2.29 bits per heavy atom. The van der Waals surface area contributed by atoms with Gasteiger partial charge < -0.3 is 5.32 Å². The van der Waals surface area contributed by atoms with Crippen LogP contribution in [0.2, 0.25) is 5.02 Å². The average Bonchev–Trinajstić information content (AvgIpc) is 2.89. The second kappa shape index (κ2) is 5.53. The summed E-state index contributed by atoms with van der Waals surface area (Å²) in [7, 11) is 0. The van der Waals surface area contributed by atoms with Crippen molar-refractivity contribution in [2.24, 2.45) is 5.92 Å². The van der Waals surface area contributed by atoms with Gasteiger partial charge in [-0.25, -0.2) is 4.68 Å². The summed E-state index contributed by atoms with van der Waals surface area (Å²) >= 11 is 5.98. The van der Waals surface area contributed by atoms with Crippen molar-refractivity contribution in [2.75, 3.05) is 10.6 Å². The number of para-hydroxylation sites is 1. The van der Waals surface area contributed by atoms with Gasteiger partial charge in [-0.3, -0.25) is 14.9 Å². The van der Waals surface area contributed by atoms with Crippen molar-refractivity contribution in [2.45, 2.75) is 13.0 Å². The molecule has 0 bridgehead atoms. The number of carbonyl (C=O) groups is 2. The van der Waals surface area contributed by atoms with Crippen LogP contribution in [0.4, 0.5) is 11.6 Å². The lowest BCUT2D eigenvalue weighted by Crippen LogP contribution is -2.36. The number of rotatable bonds is 3. The first kappa shape index (κ1) is 13.6. The zero-order valence-corrected chi connectivity index (χ0v) is 11.7. The molecule has 0 saturated carbocycles. The van der Waals surface area contributed by atoms with E-state index in [9.17, 15) is 9.59 Å². The summed E-state index contributed by atoms with van der Waals surface area (Å²) in [4.78, 5) is 27.8. The molecular formula is C13H12ClN5O2. The molecule has 3 rings (SSSR count). The molecule has 1 aromatic heterocycles. The predicted molar refractivity (Wildman–Crippen MR) is 76.8 cm³/mol. The number of anilines is 2. The number of nitrogens with one attached hydrogen (secondary N) is 2. The van der Waals surface area contributed by atoms with Gasteiger partial charge in [-0.15, -0.1) is 0 Å². The zero-order chi connectivity index (χ0) is 14.8. The highest BCUT2D eigenvalue weighted by Crippen LogP contribution is 2.22. The minimum absolute atomic E-state index is 0.0519. The first-order chi connectivity index (χ1) is 10.1. The maximum Gasteiger partial charge on any atom is 0.232 e. The first-order valence-electron chi connectivity index (χ1n) is 6.36. The maximum absolute atomic E-state index is 12.0. The molecule has 0 saturated heterocycles. The standard InChI is InChI=1S/C13H12ClN5O2/c14-9-3-1-2-4-10(9)17-11(20)5-8-6-19-13(15-7-16-19)18-12(8)21/h1-4,7-8H,5-6H2,(H,17,20)(H,15,16,18,21)/t8-/m1/s1. The van der Waals surface area contributed by atoms with Gasteiger partial charge in [-0.05, 0) is 12.1 Å². The van der Waals surface area contributed by atoms with Crippen molar-refractivity contribution in [1.82, 2.24) is 14.8 Å². The zero-order valence-electron chi connectivity index (χ0n) is 10.9. The molecule has 8 heteroatoms. The van der Waals surface area contributed by atoms with Gasteiger partial charge in [0.1, 0.15) is 6.33 Å². The van der Waals surface area contributed by atoms with E-state index in [4.69, 9.17) is 11.6 Å². The number of benzene rings is 1. The van der Waals surface area contributed by atoms with Gasteiger partial charge in [0.2, 0.25) is 17.8 Å². The summed E-state index contributed by atoms with van der Waals surface area (Å²) in [6.07, 6.45) is 1.41. The molecule has 108 valence electrons. The molecule has 2 aromatic rings. The Morgan fingerprint density at radius 3 is 3.10 bits per heavy atom. The molecule has 1 atom stereocenters. The van der Waals surface area contributed by atoms with Crippen molar-refractivity contribution in [3.05, 3.63) is 35.6 Å². The Bertz CT molecular complexity index is 699. The van der Waals surface area contributed by atoms with E-state index < -0.39 is 5.92 Å². The van der Waals surface area contributed by atoms with Crippen LogP contribution in [0.15, 0.2) is 30.6 Å². The SMILES string of the molecule is O=C(C[C@@H]1Cn2ncnc2NC1=O)Nc1ccccc1Cl. The summed E-state index contributed by atoms with van der Waals surface area (Å²) in [6, 6.07) is 6.94. The third-order valence-corrected chi connectivity index (χ3v) is 3.52. The molecule has 0 radical (unpaired) electrons. The first-order valence-corrected chi connectivity index (χ1v) is 6.74. The van der Waals surface area contributed by atoms with E-state index >= 15 is 0 Å². The number of amides is 2. The fraction of sp³-hybridized carbons (Fsp3) is 0.231. The number of nitrogens with zero attached hydrogens (tertiary/aromatic N) is 3. The Labute approximate surface area is 125 Å². The van der Waals surface area contributed by atoms with Crippen molar-refractivity contribution >= 4 is 35.1 Å². The molecule has 2 N–H and O–H groups in total. The van der Waals surface area contributed by atoms with Crippen molar-refractivity contribution in [3.63, 3.8) is 0 Å². The van der Waals surface area contributed by atoms with Crippen LogP contribution >= 0.6 is 11.6 Å². The van der Waals surface area contributed by atoms with Crippen LogP contribution in [-0.2, 0) is 16.1 Å². The normalized spacial score (nSPS) is 17.0. The lowest BCUT2D eigenvalue weighted by molar-refractivity contribution is -0.125. The van der Waals surface area contributed by atoms with Crippen LogP contribution in [-0.4, -0.2) is 26.6 Å². The maximum atomic E-state index is 12.0. The van der Waals surface area contributed by atoms with Gasteiger partial charge in [0.15, 0.2) is 0 Å². The van der Waals surface area contributed by atoms with E-state index in [1.807, 2.05) is 0 Å². The molecular weight excluding hydrogens is 294 g/mol. The van der Waals surface area contributed by atoms with Crippen LogP contribution < -0.4 is 10.6 Å². The molecule has 0 fully saturated rings. The van der Waals surface area contributed by atoms with Gasteiger partial charge in [0.05, 0.1) is 23.2 Å². The fourth-order valence-electron chi connectivity index (χ4n) is 2.14. The summed E-state index contributed by atoms with van der Waals surface area (Å²) in [5.41, 5.74) is 0.529. The Balaban J connectivity index is 1.66. The van der Waals surface area contributed by atoms with Gasteiger partial charge in [-0.2, -0.15) is 10.1 Å². The number of halogens is 1. The number of aromatic nitrogens is 3. The summed E-state index contributed by atoms with van der Waals surface area (Å²) < 4.78 is 1.56. The summed E-state index contributed by atoms with van der Waals surface area (Å²) in [5.74, 6) is -0.582. The van der Waals surface area contributed by atoms with E-state index in [2.05, 4.69) is 20.7 Å². The third kappa shape index (κ3) is 2.87. The summed E-state index contributed by atoms with van der Waals surface area (Å²) in [6.45, 7) is 0.330. The van der Waals surface area contributed by atoms with Crippen LogP contribution in [0.25, 0.3) is 0 Å². The Hall–Kier alpha value is -2.41. The summed E-state index contributed by atoms with van der Waals surface area (Å²) in [5, 5.41) is 9.76. The Kier molecular flexibility index (Phi) is 3.57. The molecule has 1 aliphatic rings. The Morgan fingerprint density at radius 1 is 1.48 bits per heavy atom. The van der Waals surface area contributed by atoms with Gasteiger partial charge in [0.25, 0.3) is 0 Å². The number of hydrogen-bond acceptors (Lipinski definition) is 4.